The Balaban J connectivity index is 1.57. The lowest BCUT2D eigenvalue weighted by Gasteiger charge is -2.36. The zero-order chi connectivity index (χ0) is 14.7. The average Bonchev–Trinajstić information content (AvgIpc) is 2.55. The summed E-state index contributed by atoms with van der Waals surface area (Å²) in [6, 6.07) is 7.39. The zero-order valence-corrected chi connectivity index (χ0v) is 11.9. The molecule has 1 N–H and O–H groups in total. The van der Waals surface area contributed by atoms with Crippen molar-refractivity contribution in [2.24, 2.45) is 0 Å². The molecular weight excluding hydrogens is 272 g/mol. The van der Waals surface area contributed by atoms with Crippen LogP contribution in [0.2, 0.25) is 0 Å². The van der Waals surface area contributed by atoms with Crippen molar-refractivity contribution in [3.05, 3.63) is 24.3 Å². The number of aliphatic hydroxyl groups excluding tert-OH is 1. The summed E-state index contributed by atoms with van der Waals surface area (Å²) in [4.78, 5) is 16.4. The van der Waals surface area contributed by atoms with Gasteiger partial charge in [-0.3, -0.25) is 9.69 Å². The molecule has 0 aromatic heterocycles. The highest BCUT2D eigenvalue weighted by Crippen LogP contribution is 2.31. The number of piperazine rings is 1. The van der Waals surface area contributed by atoms with Crippen LogP contribution in [0, 0.1) is 0 Å². The number of carbonyl (C=O) groups excluding carboxylic acids is 1. The van der Waals surface area contributed by atoms with Gasteiger partial charge in [0.2, 0.25) is 6.10 Å². The van der Waals surface area contributed by atoms with Crippen LogP contribution in [0.15, 0.2) is 24.3 Å². The molecule has 0 radical (unpaired) electrons. The second-order valence-corrected chi connectivity index (χ2v) is 5.25. The van der Waals surface area contributed by atoms with Gasteiger partial charge in [0.15, 0.2) is 11.5 Å². The van der Waals surface area contributed by atoms with Gasteiger partial charge in [0.05, 0.1) is 6.61 Å². The Morgan fingerprint density at radius 3 is 2.62 bits per heavy atom. The molecular formula is C15H20N2O4. The van der Waals surface area contributed by atoms with Gasteiger partial charge in [-0.05, 0) is 12.1 Å². The second-order valence-electron chi connectivity index (χ2n) is 5.25. The molecule has 1 aromatic rings. The first-order valence-electron chi connectivity index (χ1n) is 7.28. The monoisotopic (exact) mass is 292 g/mol. The minimum atomic E-state index is -0.565. The quantitative estimate of drug-likeness (QED) is 0.847. The first-order valence-corrected chi connectivity index (χ1v) is 7.28. The number of aliphatic hydroxyl groups is 1. The van der Waals surface area contributed by atoms with Crippen LogP contribution in [0.1, 0.15) is 0 Å². The number of hydrogen-bond donors (Lipinski definition) is 1. The third-order valence-corrected chi connectivity index (χ3v) is 3.88. The van der Waals surface area contributed by atoms with E-state index >= 15 is 0 Å². The van der Waals surface area contributed by atoms with Gasteiger partial charge in [0.1, 0.15) is 6.61 Å². The molecule has 0 bridgehead atoms. The Morgan fingerprint density at radius 2 is 1.90 bits per heavy atom. The first-order chi connectivity index (χ1) is 10.3. The number of benzene rings is 1. The Morgan fingerprint density at radius 1 is 1.19 bits per heavy atom. The van der Waals surface area contributed by atoms with Crippen molar-refractivity contribution < 1.29 is 19.4 Å². The molecule has 1 aromatic carbocycles. The number of carbonyl (C=O) groups is 1. The number of fused-ring (bicyclic) bond motifs is 1. The van der Waals surface area contributed by atoms with E-state index < -0.39 is 6.10 Å². The van der Waals surface area contributed by atoms with E-state index in [2.05, 4.69) is 4.90 Å². The summed E-state index contributed by atoms with van der Waals surface area (Å²) in [6.45, 7) is 3.99. The third-order valence-electron chi connectivity index (χ3n) is 3.88. The highest BCUT2D eigenvalue weighted by Gasteiger charge is 2.32. The topological polar surface area (TPSA) is 62.2 Å². The lowest BCUT2D eigenvalue weighted by atomic mass is 10.2. The maximum Gasteiger partial charge on any atom is 0.267 e. The number of nitrogens with zero attached hydrogens (tertiary/aromatic N) is 2. The van der Waals surface area contributed by atoms with Gasteiger partial charge in [-0.2, -0.15) is 0 Å². The van der Waals surface area contributed by atoms with Crippen LogP contribution in [-0.2, 0) is 4.79 Å². The molecule has 0 aliphatic carbocycles. The molecule has 114 valence electrons. The molecule has 2 aliphatic rings. The predicted molar refractivity (Wildman–Crippen MR) is 76.5 cm³/mol. The van der Waals surface area contributed by atoms with Gasteiger partial charge in [-0.1, -0.05) is 12.1 Å². The Bertz CT molecular complexity index is 500. The van der Waals surface area contributed by atoms with Crippen LogP contribution in [0.5, 0.6) is 11.5 Å². The minimum Gasteiger partial charge on any atom is -0.485 e. The molecule has 6 nitrogen and oxygen atoms in total. The number of ether oxygens (including phenoxy) is 2. The Kier molecular flexibility index (Phi) is 4.26. The number of β-amino-alcohol motifs (C(OH)–C–C–N with tert-alkyl or cyclic N) is 1. The normalized spacial score (nSPS) is 22.1. The van der Waals surface area contributed by atoms with E-state index in [1.807, 2.05) is 29.2 Å². The largest absolute Gasteiger partial charge is 0.485 e. The molecule has 6 heteroatoms. The molecule has 0 saturated carbocycles. The van der Waals surface area contributed by atoms with E-state index in [1.54, 1.807) is 0 Å². The maximum absolute atomic E-state index is 12.5. The lowest BCUT2D eigenvalue weighted by molar-refractivity contribution is -0.143. The fourth-order valence-electron chi connectivity index (χ4n) is 2.68. The van der Waals surface area contributed by atoms with Gasteiger partial charge in [0, 0.05) is 32.7 Å². The van der Waals surface area contributed by atoms with Crippen molar-refractivity contribution in [1.29, 1.82) is 0 Å². The summed E-state index contributed by atoms with van der Waals surface area (Å²) >= 11 is 0. The highest BCUT2D eigenvalue weighted by atomic mass is 16.6. The van der Waals surface area contributed by atoms with E-state index in [4.69, 9.17) is 14.6 Å². The second kappa shape index (κ2) is 6.32. The number of amides is 1. The van der Waals surface area contributed by atoms with Gasteiger partial charge < -0.3 is 19.5 Å². The van der Waals surface area contributed by atoms with Gasteiger partial charge >= 0.3 is 0 Å². The van der Waals surface area contributed by atoms with Gasteiger partial charge in [-0.15, -0.1) is 0 Å². The smallest absolute Gasteiger partial charge is 0.267 e. The van der Waals surface area contributed by atoms with E-state index in [9.17, 15) is 4.79 Å². The fourth-order valence-corrected chi connectivity index (χ4v) is 2.68. The minimum absolute atomic E-state index is 0.0202. The molecule has 3 rings (SSSR count). The summed E-state index contributed by atoms with van der Waals surface area (Å²) < 4.78 is 11.3. The standard InChI is InChI=1S/C15H20N2O4/c18-10-9-16-5-7-17(8-6-16)15(19)14-11-20-12-3-1-2-4-13(12)21-14/h1-4,14,18H,5-11H2. The van der Waals surface area contributed by atoms with E-state index in [1.165, 1.54) is 0 Å². The van der Waals surface area contributed by atoms with Crippen molar-refractivity contribution >= 4 is 5.91 Å². The highest BCUT2D eigenvalue weighted by molar-refractivity contribution is 5.82. The maximum atomic E-state index is 12.5. The lowest BCUT2D eigenvalue weighted by Crippen LogP contribution is -2.54. The first kappa shape index (κ1) is 14.2. The van der Waals surface area contributed by atoms with Crippen molar-refractivity contribution in [1.82, 2.24) is 9.80 Å². The molecule has 1 unspecified atom stereocenters. The third kappa shape index (κ3) is 3.11. The van der Waals surface area contributed by atoms with Crippen LogP contribution in [0.4, 0.5) is 0 Å². The summed E-state index contributed by atoms with van der Waals surface area (Å²) in [5.41, 5.74) is 0. The molecule has 2 aliphatic heterocycles. The van der Waals surface area contributed by atoms with Crippen LogP contribution in [0.25, 0.3) is 0 Å². The molecule has 1 amide bonds. The number of para-hydroxylation sites is 2. The van der Waals surface area contributed by atoms with Crippen molar-refractivity contribution in [2.75, 3.05) is 45.9 Å². The average molecular weight is 292 g/mol. The SMILES string of the molecule is O=C(C1COc2ccccc2O1)N1CCN(CCO)CC1. The summed E-state index contributed by atoms with van der Waals surface area (Å²) in [5.74, 6) is 1.29. The molecule has 1 atom stereocenters. The zero-order valence-electron chi connectivity index (χ0n) is 11.9. The van der Waals surface area contributed by atoms with Gasteiger partial charge in [0.25, 0.3) is 5.91 Å². The van der Waals surface area contributed by atoms with Crippen molar-refractivity contribution in [3.8, 4) is 11.5 Å². The van der Waals surface area contributed by atoms with Crippen LogP contribution in [0.3, 0.4) is 0 Å². The molecule has 2 heterocycles. The van der Waals surface area contributed by atoms with Crippen LogP contribution in [-0.4, -0.2) is 72.9 Å². The molecule has 1 saturated heterocycles. The number of hydrogen-bond acceptors (Lipinski definition) is 5. The van der Waals surface area contributed by atoms with E-state index in [-0.39, 0.29) is 19.1 Å². The predicted octanol–water partition coefficient (Wildman–Crippen LogP) is -0.0371. The summed E-state index contributed by atoms with van der Waals surface area (Å²) in [7, 11) is 0. The Labute approximate surface area is 123 Å². The van der Waals surface area contributed by atoms with Gasteiger partial charge in [-0.25, -0.2) is 0 Å². The van der Waals surface area contributed by atoms with Crippen LogP contribution < -0.4 is 9.47 Å². The summed E-state index contributed by atoms with van der Waals surface area (Å²) in [5, 5.41) is 8.93. The molecule has 0 spiro atoms. The van der Waals surface area contributed by atoms with E-state index in [0.29, 0.717) is 31.1 Å². The molecule has 1 fully saturated rings. The van der Waals surface area contributed by atoms with Crippen molar-refractivity contribution in [2.45, 2.75) is 6.10 Å². The van der Waals surface area contributed by atoms with Crippen molar-refractivity contribution in [3.63, 3.8) is 0 Å². The Hall–Kier alpha value is -1.79. The molecule has 21 heavy (non-hydrogen) atoms. The fraction of sp³-hybridized carbons (Fsp3) is 0.533. The van der Waals surface area contributed by atoms with E-state index in [0.717, 1.165) is 13.1 Å². The summed E-state index contributed by atoms with van der Waals surface area (Å²) in [6.07, 6.45) is -0.565. The van der Waals surface area contributed by atoms with Crippen LogP contribution >= 0.6 is 0 Å². The number of rotatable bonds is 3.